The van der Waals surface area contributed by atoms with E-state index in [0.29, 0.717) is 29.5 Å². The normalized spacial score (nSPS) is 15.1. The summed E-state index contributed by atoms with van der Waals surface area (Å²) in [7, 11) is 0. The van der Waals surface area contributed by atoms with Crippen LogP contribution >= 0.6 is 0 Å². The number of carbonyl (C=O) groups is 3. The zero-order chi connectivity index (χ0) is 28.0. The number of carbonyl (C=O) groups excluding carboxylic acids is 3. The Morgan fingerprint density at radius 1 is 0.949 bits per heavy atom. The first-order valence-corrected chi connectivity index (χ1v) is 13.0. The highest BCUT2D eigenvalue weighted by Gasteiger charge is 2.36. The summed E-state index contributed by atoms with van der Waals surface area (Å²) in [6, 6.07) is 22.1. The van der Waals surface area contributed by atoms with Crippen LogP contribution in [0, 0.1) is 5.92 Å². The molecule has 2 amide bonds. The lowest BCUT2D eigenvalue weighted by atomic mass is 9.87. The Kier molecular flexibility index (Phi) is 8.54. The highest BCUT2D eigenvalue weighted by Crippen LogP contribution is 2.30. The summed E-state index contributed by atoms with van der Waals surface area (Å²) in [6.45, 7) is 8.51. The second-order valence-electron chi connectivity index (χ2n) is 10.4. The van der Waals surface area contributed by atoms with Crippen LogP contribution in [0.1, 0.15) is 39.7 Å². The predicted molar refractivity (Wildman–Crippen MR) is 149 cm³/mol. The maximum atomic E-state index is 12.7. The number of benzene rings is 3. The van der Waals surface area contributed by atoms with Gasteiger partial charge in [0, 0.05) is 18.7 Å². The van der Waals surface area contributed by atoms with Gasteiger partial charge in [-0.25, -0.2) is 0 Å². The highest BCUT2D eigenvalue weighted by atomic mass is 16.5. The van der Waals surface area contributed by atoms with Crippen molar-refractivity contribution < 1.29 is 28.6 Å². The minimum atomic E-state index is -0.654. The first-order chi connectivity index (χ1) is 18.6. The first kappa shape index (κ1) is 27.7. The molecule has 0 spiro atoms. The number of amides is 2. The molecule has 3 aromatic rings. The van der Waals surface area contributed by atoms with Crippen molar-refractivity contribution in [2.75, 3.05) is 30.0 Å². The van der Waals surface area contributed by atoms with Gasteiger partial charge in [0.05, 0.1) is 18.2 Å². The molecule has 1 atom stereocenters. The van der Waals surface area contributed by atoms with E-state index in [2.05, 4.69) is 38.2 Å². The lowest BCUT2D eigenvalue weighted by Gasteiger charge is -2.19. The molecular weight excluding hydrogens is 496 g/mol. The van der Waals surface area contributed by atoms with Gasteiger partial charge in [-0.2, -0.15) is 0 Å². The fourth-order valence-electron chi connectivity index (χ4n) is 4.26. The molecule has 0 aromatic heterocycles. The summed E-state index contributed by atoms with van der Waals surface area (Å²) in [5.74, 6) is -0.00982. The summed E-state index contributed by atoms with van der Waals surface area (Å²) >= 11 is 0. The van der Waals surface area contributed by atoms with E-state index >= 15 is 0 Å². The summed E-state index contributed by atoms with van der Waals surface area (Å²) in [5, 5.41) is 2.69. The molecule has 1 N–H and O–H groups in total. The van der Waals surface area contributed by atoms with Gasteiger partial charge < -0.3 is 24.4 Å². The molecule has 1 heterocycles. The van der Waals surface area contributed by atoms with Crippen molar-refractivity contribution in [3.05, 3.63) is 78.4 Å². The minimum Gasteiger partial charge on any atom is -0.492 e. The quantitative estimate of drug-likeness (QED) is 0.356. The SMILES string of the molecule is CCOc1ccccc1NC(=O)COC(=O)[C@H]1CC(=O)N(c2ccc(Oc3ccc(C(C)(C)C)cc3)cc2)C1. The van der Waals surface area contributed by atoms with Gasteiger partial charge >= 0.3 is 5.97 Å². The summed E-state index contributed by atoms with van der Waals surface area (Å²) in [6.07, 6.45) is 0.0198. The van der Waals surface area contributed by atoms with E-state index in [-0.39, 0.29) is 24.3 Å². The molecule has 3 aromatic carbocycles. The van der Waals surface area contributed by atoms with Crippen molar-refractivity contribution in [1.29, 1.82) is 0 Å². The smallest absolute Gasteiger partial charge is 0.311 e. The standard InChI is InChI=1S/C31H34N2O6/c1-5-37-27-9-7-6-8-26(27)32-28(34)20-38-30(36)21-18-29(35)33(19-21)23-12-16-25(17-13-23)39-24-14-10-22(11-15-24)31(2,3)4/h6-17,21H,5,18-20H2,1-4H3,(H,32,34)/t21-/m0/s1. The van der Waals surface area contributed by atoms with Crippen LogP contribution < -0.4 is 19.7 Å². The number of ether oxygens (including phenoxy) is 3. The Morgan fingerprint density at radius 3 is 2.23 bits per heavy atom. The Bertz CT molecular complexity index is 1310. The molecule has 0 unspecified atom stereocenters. The molecule has 8 heteroatoms. The van der Waals surface area contributed by atoms with Crippen LogP contribution in [-0.2, 0) is 24.5 Å². The molecule has 204 valence electrons. The molecule has 0 aliphatic carbocycles. The highest BCUT2D eigenvalue weighted by molar-refractivity contribution is 6.00. The molecule has 1 saturated heterocycles. The summed E-state index contributed by atoms with van der Waals surface area (Å²) in [4.78, 5) is 39.1. The van der Waals surface area contributed by atoms with Crippen LogP contribution in [0.25, 0.3) is 0 Å². The lowest BCUT2D eigenvalue weighted by molar-refractivity contribution is -0.151. The van der Waals surface area contributed by atoms with E-state index in [0.717, 1.165) is 5.75 Å². The third-order valence-corrected chi connectivity index (χ3v) is 6.37. The number of anilines is 2. The van der Waals surface area contributed by atoms with Crippen LogP contribution in [0.3, 0.4) is 0 Å². The van der Waals surface area contributed by atoms with Gasteiger partial charge in [-0.1, -0.05) is 45.0 Å². The fraction of sp³-hybridized carbons (Fsp3) is 0.323. The maximum absolute atomic E-state index is 12.7. The number of para-hydroxylation sites is 2. The number of nitrogens with one attached hydrogen (secondary N) is 1. The van der Waals surface area contributed by atoms with Gasteiger partial charge in [0.15, 0.2) is 6.61 Å². The maximum Gasteiger partial charge on any atom is 0.311 e. The number of esters is 1. The van der Waals surface area contributed by atoms with Crippen molar-refractivity contribution in [3.8, 4) is 17.2 Å². The van der Waals surface area contributed by atoms with E-state index in [9.17, 15) is 14.4 Å². The molecule has 0 radical (unpaired) electrons. The largest absolute Gasteiger partial charge is 0.492 e. The van der Waals surface area contributed by atoms with Crippen molar-refractivity contribution in [2.45, 2.75) is 39.5 Å². The monoisotopic (exact) mass is 530 g/mol. The molecule has 1 fully saturated rings. The molecule has 39 heavy (non-hydrogen) atoms. The fourth-order valence-corrected chi connectivity index (χ4v) is 4.26. The van der Waals surface area contributed by atoms with E-state index in [4.69, 9.17) is 14.2 Å². The third-order valence-electron chi connectivity index (χ3n) is 6.37. The number of hydrogen-bond donors (Lipinski definition) is 1. The van der Waals surface area contributed by atoms with Crippen LogP contribution in [0.5, 0.6) is 17.2 Å². The molecule has 4 rings (SSSR count). The average molecular weight is 531 g/mol. The lowest BCUT2D eigenvalue weighted by Crippen LogP contribution is -2.28. The van der Waals surface area contributed by atoms with Crippen molar-refractivity contribution in [1.82, 2.24) is 0 Å². The van der Waals surface area contributed by atoms with Gasteiger partial charge in [-0.15, -0.1) is 0 Å². The summed E-state index contributed by atoms with van der Waals surface area (Å²) < 4.78 is 16.7. The van der Waals surface area contributed by atoms with Crippen molar-refractivity contribution in [3.63, 3.8) is 0 Å². The number of hydrogen-bond acceptors (Lipinski definition) is 6. The Morgan fingerprint density at radius 2 is 1.59 bits per heavy atom. The number of nitrogens with zero attached hydrogens (tertiary/aromatic N) is 1. The van der Waals surface area contributed by atoms with Gasteiger partial charge in [-0.3, -0.25) is 14.4 Å². The van der Waals surface area contributed by atoms with E-state index in [1.54, 1.807) is 53.4 Å². The Labute approximate surface area is 228 Å². The van der Waals surface area contributed by atoms with Crippen LogP contribution in [0.15, 0.2) is 72.8 Å². The Hall–Kier alpha value is -4.33. The topological polar surface area (TPSA) is 94.2 Å². The van der Waals surface area contributed by atoms with Crippen LogP contribution in [0.2, 0.25) is 0 Å². The van der Waals surface area contributed by atoms with Crippen LogP contribution in [-0.4, -0.2) is 37.5 Å². The molecule has 1 aliphatic rings. The molecular formula is C31H34N2O6. The van der Waals surface area contributed by atoms with E-state index < -0.39 is 24.4 Å². The van der Waals surface area contributed by atoms with E-state index in [1.807, 2.05) is 19.1 Å². The van der Waals surface area contributed by atoms with E-state index in [1.165, 1.54) is 5.56 Å². The van der Waals surface area contributed by atoms with Gasteiger partial charge in [0.2, 0.25) is 5.91 Å². The average Bonchev–Trinajstić information content (AvgIpc) is 3.30. The van der Waals surface area contributed by atoms with Gasteiger partial charge in [-0.05, 0) is 66.4 Å². The molecule has 0 saturated carbocycles. The second-order valence-corrected chi connectivity index (χ2v) is 10.4. The Balaban J connectivity index is 1.29. The zero-order valence-corrected chi connectivity index (χ0v) is 22.7. The van der Waals surface area contributed by atoms with Gasteiger partial charge in [0.25, 0.3) is 5.91 Å². The molecule has 0 bridgehead atoms. The molecule has 8 nitrogen and oxygen atoms in total. The zero-order valence-electron chi connectivity index (χ0n) is 22.7. The first-order valence-electron chi connectivity index (χ1n) is 13.0. The third kappa shape index (κ3) is 7.16. The van der Waals surface area contributed by atoms with Crippen molar-refractivity contribution in [2.24, 2.45) is 5.92 Å². The second kappa shape index (κ2) is 12.0. The number of rotatable bonds is 9. The molecule has 1 aliphatic heterocycles. The van der Waals surface area contributed by atoms with Crippen molar-refractivity contribution >= 4 is 29.2 Å². The minimum absolute atomic E-state index is 0.0198. The predicted octanol–water partition coefficient (Wildman–Crippen LogP) is 5.71. The summed E-state index contributed by atoms with van der Waals surface area (Å²) in [5.41, 5.74) is 2.45. The van der Waals surface area contributed by atoms with Crippen LogP contribution in [0.4, 0.5) is 11.4 Å². The van der Waals surface area contributed by atoms with Gasteiger partial charge in [0.1, 0.15) is 17.2 Å².